The van der Waals surface area contributed by atoms with Crippen LogP contribution in [0.15, 0.2) is 54.6 Å². The first-order valence-corrected chi connectivity index (χ1v) is 4.86. The van der Waals surface area contributed by atoms with Crippen LogP contribution in [0.2, 0.25) is 0 Å². The lowest BCUT2D eigenvalue weighted by Crippen LogP contribution is -1.98. The van der Waals surface area contributed by atoms with Crippen molar-refractivity contribution in [1.82, 2.24) is 0 Å². The number of rotatable bonds is 3. The molecule has 2 rings (SSSR count). The fraction of sp³-hybridized carbons (Fsp3) is 0.0769. The van der Waals surface area contributed by atoms with E-state index in [2.05, 4.69) is 29.1 Å². The van der Waals surface area contributed by atoms with Crippen LogP contribution in [0.3, 0.4) is 0 Å². The van der Waals surface area contributed by atoms with Gasteiger partial charge in [0.05, 0.1) is 6.61 Å². The molecule has 2 nitrogen and oxygen atoms in total. The van der Waals surface area contributed by atoms with Crippen LogP contribution in [0.5, 0.6) is 0 Å². The topological polar surface area (TPSA) is 35.2 Å². The number of hydrogen-bond acceptors (Lipinski definition) is 2. The molecular formula is C13H14ClNO. The lowest BCUT2D eigenvalue weighted by molar-refractivity contribution is 0.124. The number of halogens is 1. The highest BCUT2D eigenvalue weighted by molar-refractivity contribution is 5.85. The van der Waals surface area contributed by atoms with E-state index in [0.29, 0.717) is 6.61 Å². The Morgan fingerprint density at radius 3 is 1.94 bits per heavy atom. The van der Waals surface area contributed by atoms with Gasteiger partial charge in [-0.3, -0.25) is 4.84 Å². The fourth-order valence-corrected chi connectivity index (χ4v) is 1.52. The molecule has 0 saturated carbocycles. The van der Waals surface area contributed by atoms with Crippen molar-refractivity contribution in [3.05, 3.63) is 60.2 Å². The molecular weight excluding hydrogens is 222 g/mol. The molecule has 16 heavy (non-hydrogen) atoms. The van der Waals surface area contributed by atoms with E-state index >= 15 is 0 Å². The van der Waals surface area contributed by atoms with Crippen LogP contribution in [-0.4, -0.2) is 0 Å². The van der Waals surface area contributed by atoms with Crippen molar-refractivity contribution >= 4 is 12.4 Å². The molecule has 0 atom stereocenters. The summed E-state index contributed by atoms with van der Waals surface area (Å²) in [4.78, 5) is 4.57. The summed E-state index contributed by atoms with van der Waals surface area (Å²) in [7, 11) is 0. The van der Waals surface area contributed by atoms with Crippen molar-refractivity contribution in [2.75, 3.05) is 0 Å². The quantitative estimate of drug-likeness (QED) is 0.830. The lowest BCUT2D eigenvalue weighted by atomic mass is 10.0. The number of benzene rings is 2. The van der Waals surface area contributed by atoms with Gasteiger partial charge < -0.3 is 0 Å². The second-order valence-electron chi connectivity index (χ2n) is 3.37. The molecule has 0 aliphatic heterocycles. The third-order valence-electron chi connectivity index (χ3n) is 2.31. The van der Waals surface area contributed by atoms with Crippen molar-refractivity contribution in [1.29, 1.82) is 0 Å². The zero-order valence-corrected chi connectivity index (χ0v) is 9.61. The Bertz CT molecular complexity index is 414. The van der Waals surface area contributed by atoms with Gasteiger partial charge in [0.2, 0.25) is 0 Å². The van der Waals surface area contributed by atoms with Crippen molar-refractivity contribution in [3.63, 3.8) is 0 Å². The van der Waals surface area contributed by atoms with E-state index in [1.54, 1.807) is 0 Å². The van der Waals surface area contributed by atoms with E-state index in [1.807, 2.05) is 30.3 Å². The Hall–Kier alpha value is -1.35. The van der Waals surface area contributed by atoms with Crippen LogP contribution < -0.4 is 5.90 Å². The van der Waals surface area contributed by atoms with Crippen LogP contribution >= 0.6 is 12.4 Å². The van der Waals surface area contributed by atoms with E-state index in [9.17, 15) is 0 Å². The Balaban J connectivity index is 0.00000128. The molecule has 0 unspecified atom stereocenters. The maximum Gasteiger partial charge on any atom is 0.0930 e. The van der Waals surface area contributed by atoms with Crippen molar-refractivity contribution in [3.8, 4) is 11.1 Å². The minimum atomic E-state index is 0. The maximum atomic E-state index is 5.01. The summed E-state index contributed by atoms with van der Waals surface area (Å²) in [6.45, 7) is 0.453. The first kappa shape index (κ1) is 12.7. The van der Waals surface area contributed by atoms with Crippen LogP contribution in [0, 0.1) is 0 Å². The predicted octanol–water partition coefficient (Wildman–Crippen LogP) is 3.17. The smallest absolute Gasteiger partial charge is 0.0930 e. The van der Waals surface area contributed by atoms with Gasteiger partial charge in [0, 0.05) is 0 Å². The average Bonchev–Trinajstić information content (AvgIpc) is 2.32. The molecule has 84 valence electrons. The summed E-state index contributed by atoms with van der Waals surface area (Å²) in [6, 6.07) is 18.5. The zero-order valence-electron chi connectivity index (χ0n) is 8.80. The summed E-state index contributed by atoms with van der Waals surface area (Å²) in [6.07, 6.45) is 0. The molecule has 0 spiro atoms. The molecule has 0 radical (unpaired) electrons. The molecule has 2 aromatic carbocycles. The highest BCUT2D eigenvalue weighted by Gasteiger charge is 1.96. The minimum Gasteiger partial charge on any atom is -0.300 e. The second kappa shape index (κ2) is 6.28. The number of nitrogens with two attached hydrogens (primary N) is 1. The second-order valence-corrected chi connectivity index (χ2v) is 3.37. The third kappa shape index (κ3) is 3.07. The average molecular weight is 236 g/mol. The highest BCUT2D eigenvalue weighted by atomic mass is 35.5. The third-order valence-corrected chi connectivity index (χ3v) is 2.31. The van der Waals surface area contributed by atoms with E-state index < -0.39 is 0 Å². The summed E-state index contributed by atoms with van der Waals surface area (Å²) in [5.41, 5.74) is 3.51. The predicted molar refractivity (Wildman–Crippen MR) is 68.1 cm³/mol. The van der Waals surface area contributed by atoms with E-state index in [-0.39, 0.29) is 12.4 Å². The maximum absolute atomic E-state index is 5.01. The highest BCUT2D eigenvalue weighted by Crippen LogP contribution is 2.19. The fourth-order valence-electron chi connectivity index (χ4n) is 1.52. The van der Waals surface area contributed by atoms with Crippen LogP contribution in [-0.2, 0) is 11.4 Å². The van der Waals surface area contributed by atoms with Crippen molar-refractivity contribution in [2.24, 2.45) is 5.90 Å². The largest absolute Gasteiger partial charge is 0.300 e. The van der Waals surface area contributed by atoms with Gasteiger partial charge in [-0.25, -0.2) is 5.90 Å². The molecule has 3 heteroatoms. The van der Waals surface area contributed by atoms with E-state index in [1.165, 1.54) is 11.1 Å². The SMILES string of the molecule is Cl.NOCc1ccc(-c2ccccc2)cc1. The Labute approximate surface area is 101 Å². The standard InChI is InChI=1S/C13H13NO.ClH/c14-15-10-11-6-8-13(9-7-11)12-4-2-1-3-5-12;/h1-9H,10,14H2;1H. The van der Waals surface area contributed by atoms with Crippen molar-refractivity contribution < 1.29 is 4.84 Å². The molecule has 0 aromatic heterocycles. The normalized spacial score (nSPS) is 9.56. The molecule has 2 N–H and O–H groups in total. The Morgan fingerprint density at radius 1 is 0.812 bits per heavy atom. The Morgan fingerprint density at radius 2 is 1.38 bits per heavy atom. The first-order valence-electron chi connectivity index (χ1n) is 4.86. The van der Waals surface area contributed by atoms with Crippen LogP contribution in [0.4, 0.5) is 0 Å². The van der Waals surface area contributed by atoms with E-state index in [0.717, 1.165) is 5.56 Å². The molecule has 0 bridgehead atoms. The van der Waals surface area contributed by atoms with Gasteiger partial charge in [0.25, 0.3) is 0 Å². The van der Waals surface area contributed by atoms with Gasteiger partial charge in [-0.1, -0.05) is 54.6 Å². The molecule has 0 aliphatic carbocycles. The van der Waals surface area contributed by atoms with Gasteiger partial charge in [0.1, 0.15) is 0 Å². The minimum absolute atomic E-state index is 0. The van der Waals surface area contributed by atoms with Crippen LogP contribution in [0.1, 0.15) is 5.56 Å². The number of hydrogen-bond donors (Lipinski definition) is 1. The monoisotopic (exact) mass is 235 g/mol. The molecule has 0 heterocycles. The molecule has 0 aliphatic rings. The summed E-state index contributed by atoms with van der Waals surface area (Å²) in [5.74, 6) is 5.01. The van der Waals surface area contributed by atoms with E-state index in [4.69, 9.17) is 5.90 Å². The Kier molecular flexibility index (Phi) is 4.99. The molecule has 2 aromatic rings. The molecule has 0 amide bonds. The zero-order chi connectivity index (χ0) is 10.5. The molecule has 0 saturated heterocycles. The lowest BCUT2D eigenvalue weighted by Gasteiger charge is -2.03. The van der Waals surface area contributed by atoms with Gasteiger partial charge in [-0.05, 0) is 16.7 Å². The molecule has 0 fully saturated rings. The van der Waals surface area contributed by atoms with Gasteiger partial charge in [0.15, 0.2) is 0 Å². The van der Waals surface area contributed by atoms with Gasteiger partial charge in [-0.15, -0.1) is 12.4 Å². The van der Waals surface area contributed by atoms with Crippen LogP contribution in [0.25, 0.3) is 11.1 Å². The van der Waals surface area contributed by atoms with Crippen molar-refractivity contribution in [2.45, 2.75) is 6.61 Å². The van der Waals surface area contributed by atoms with Gasteiger partial charge in [-0.2, -0.15) is 0 Å². The summed E-state index contributed by atoms with van der Waals surface area (Å²) in [5, 5.41) is 0. The summed E-state index contributed by atoms with van der Waals surface area (Å²) < 4.78 is 0. The first-order chi connectivity index (χ1) is 7.40. The summed E-state index contributed by atoms with van der Waals surface area (Å²) >= 11 is 0. The van der Waals surface area contributed by atoms with Gasteiger partial charge >= 0.3 is 0 Å².